The zero-order chi connectivity index (χ0) is 20.8. The van der Waals surface area contributed by atoms with Crippen LogP contribution in [0.2, 0.25) is 0 Å². The first-order valence-corrected chi connectivity index (χ1v) is 9.36. The fourth-order valence-electron chi connectivity index (χ4n) is 3.49. The molecule has 1 saturated heterocycles. The monoisotopic (exact) mass is 432 g/mol. The average molecular weight is 433 g/mol. The zero-order valence-electron chi connectivity index (χ0n) is 15.0. The van der Waals surface area contributed by atoms with Gasteiger partial charge in [0.2, 0.25) is 5.91 Å². The number of carbonyl (C=O) groups is 1. The number of hydrogen-bond acceptors (Lipinski definition) is 6. The number of allylic oxidation sites excluding steroid dienone is 1. The van der Waals surface area contributed by atoms with Crippen molar-refractivity contribution in [2.75, 3.05) is 18.4 Å². The summed E-state index contributed by atoms with van der Waals surface area (Å²) in [5.74, 6) is -1.01. The third-order valence-corrected chi connectivity index (χ3v) is 5.44. The Hall–Kier alpha value is -2.43. The molecule has 2 aliphatic heterocycles. The Labute approximate surface area is 168 Å². The molecule has 12 heteroatoms. The molecule has 1 saturated carbocycles. The number of amides is 1. The Bertz CT molecular complexity index is 898. The summed E-state index contributed by atoms with van der Waals surface area (Å²) >= 11 is 6.07. The topological polar surface area (TPSA) is 91.3 Å². The van der Waals surface area contributed by atoms with Gasteiger partial charge >= 0.3 is 6.18 Å². The minimum Gasteiger partial charge on any atom is -0.373 e. The van der Waals surface area contributed by atoms with Crippen molar-refractivity contribution in [3.05, 3.63) is 29.1 Å². The molecule has 2 atom stereocenters. The number of aromatic nitrogens is 2. The molecule has 1 aromatic heterocycles. The highest BCUT2D eigenvalue weighted by Gasteiger charge is 2.51. The van der Waals surface area contributed by atoms with Gasteiger partial charge in [-0.1, -0.05) is 11.6 Å². The molecule has 0 radical (unpaired) electrons. The highest BCUT2D eigenvalue weighted by Crippen LogP contribution is 2.40. The Morgan fingerprint density at radius 1 is 1.34 bits per heavy atom. The summed E-state index contributed by atoms with van der Waals surface area (Å²) in [6.45, 7) is -0.956. The van der Waals surface area contributed by atoms with Crippen molar-refractivity contribution in [1.82, 2.24) is 20.6 Å². The van der Waals surface area contributed by atoms with E-state index in [0.717, 1.165) is 12.0 Å². The summed E-state index contributed by atoms with van der Waals surface area (Å²) in [5.41, 5.74) is -1.30. The number of nitrogens with one attached hydrogen (secondary N) is 3. The van der Waals surface area contributed by atoms with Gasteiger partial charge in [-0.05, 0) is 19.3 Å². The van der Waals surface area contributed by atoms with Crippen molar-refractivity contribution in [2.24, 2.45) is 10.9 Å². The highest BCUT2D eigenvalue weighted by atomic mass is 35.5. The molecule has 0 aromatic carbocycles. The van der Waals surface area contributed by atoms with Crippen molar-refractivity contribution in [1.29, 1.82) is 0 Å². The van der Waals surface area contributed by atoms with Gasteiger partial charge < -0.3 is 16.0 Å². The van der Waals surface area contributed by atoms with Crippen molar-refractivity contribution in [3.8, 4) is 0 Å². The van der Waals surface area contributed by atoms with E-state index in [1.807, 2.05) is 5.32 Å². The summed E-state index contributed by atoms with van der Waals surface area (Å²) in [5, 5.41) is 8.27. The number of amidine groups is 1. The van der Waals surface area contributed by atoms with Gasteiger partial charge in [-0.3, -0.25) is 4.79 Å². The third-order valence-electron chi connectivity index (χ3n) is 5.18. The van der Waals surface area contributed by atoms with Crippen LogP contribution in [-0.2, 0) is 4.79 Å². The lowest BCUT2D eigenvalue weighted by molar-refractivity contribution is -0.139. The second kappa shape index (κ2) is 7.12. The summed E-state index contributed by atoms with van der Waals surface area (Å²) in [6, 6.07) is 0. The van der Waals surface area contributed by atoms with Gasteiger partial charge in [0, 0.05) is 29.6 Å². The third kappa shape index (κ3) is 4.14. The number of fused-ring (bicyclic) bond motifs is 1. The first-order chi connectivity index (χ1) is 13.7. The summed E-state index contributed by atoms with van der Waals surface area (Å²) in [6.07, 6.45) is -0.864. The quantitative estimate of drug-likeness (QED) is 0.622. The minimum atomic E-state index is -4.52. The van der Waals surface area contributed by atoms with Crippen molar-refractivity contribution < 1.29 is 22.4 Å². The number of hydrogen-bond donors (Lipinski definition) is 3. The Morgan fingerprint density at radius 3 is 2.79 bits per heavy atom. The normalized spacial score (nSPS) is 24.7. The fourth-order valence-corrected chi connectivity index (χ4v) is 3.70. The molecule has 1 amide bonds. The smallest absolute Gasteiger partial charge is 0.373 e. The van der Waals surface area contributed by atoms with Crippen LogP contribution in [0, 0.1) is 11.7 Å². The van der Waals surface area contributed by atoms with E-state index in [0.29, 0.717) is 23.8 Å². The molecular weight excluding hydrogens is 416 g/mol. The number of alkyl halides is 3. The molecule has 3 aliphatic rings. The highest BCUT2D eigenvalue weighted by molar-refractivity contribution is 6.30. The Kier molecular flexibility index (Phi) is 4.88. The largest absolute Gasteiger partial charge is 0.405 e. The SMILES string of the molecule is O=C(NCC(F)(F)F)C1(Nc2nc(C3CNC4=NC=C(Cl)CC43)ncc2F)CC1. The van der Waals surface area contributed by atoms with Crippen LogP contribution in [0.1, 0.15) is 31.0 Å². The molecule has 3 N–H and O–H groups in total. The number of halogens is 5. The molecule has 0 bridgehead atoms. The predicted octanol–water partition coefficient (Wildman–Crippen LogP) is 2.42. The number of aliphatic imine (C=N–C) groups is 1. The van der Waals surface area contributed by atoms with E-state index in [2.05, 4.69) is 25.6 Å². The molecule has 2 fully saturated rings. The Morgan fingerprint density at radius 2 is 2.10 bits per heavy atom. The molecule has 7 nitrogen and oxygen atoms in total. The average Bonchev–Trinajstić information content (AvgIpc) is 3.32. The lowest BCUT2D eigenvalue weighted by Gasteiger charge is -2.21. The summed E-state index contributed by atoms with van der Waals surface area (Å²) in [7, 11) is 0. The van der Waals surface area contributed by atoms with Gasteiger partial charge in [0.15, 0.2) is 11.6 Å². The number of rotatable bonds is 5. The molecule has 29 heavy (non-hydrogen) atoms. The van der Waals surface area contributed by atoms with E-state index in [1.165, 1.54) is 0 Å². The van der Waals surface area contributed by atoms with Gasteiger partial charge in [0.25, 0.3) is 0 Å². The summed E-state index contributed by atoms with van der Waals surface area (Å²) < 4.78 is 51.4. The molecule has 1 aliphatic carbocycles. The van der Waals surface area contributed by atoms with Crippen molar-refractivity contribution >= 4 is 29.2 Å². The van der Waals surface area contributed by atoms with Gasteiger partial charge in [-0.2, -0.15) is 13.2 Å². The van der Waals surface area contributed by atoms with E-state index in [1.54, 1.807) is 6.20 Å². The van der Waals surface area contributed by atoms with Gasteiger partial charge in [0.05, 0.1) is 6.20 Å². The maximum atomic E-state index is 14.3. The maximum Gasteiger partial charge on any atom is 0.405 e. The number of nitrogens with zero attached hydrogens (tertiary/aromatic N) is 3. The molecule has 2 unspecified atom stereocenters. The van der Waals surface area contributed by atoms with Gasteiger partial charge in [0.1, 0.15) is 23.7 Å². The lowest BCUT2D eigenvalue weighted by atomic mass is 9.90. The van der Waals surface area contributed by atoms with Crippen LogP contribution in [0.3, 0.4) is 0 Å². The van der Waals surface area contributed by atoms with Crippen LogP contribution < -0.4 is 16.0 Å². The molecule has 0 spiro atoms. The van der Waals surface area contributed by atoms with E-state index in [-0.39, 0.29) is 30.5 Å². The first-order valence-electron chi connectivity index (χ1n) is 8.99. The summed E-state index contributed by atoms with van der Waals surface area (Å²) in [4.78, 5) is 24.7. The van der Waals surface area contributed by atoms with E-state index < -0.39 is 30.0 Å². The van der Waals surface area contributed by atoms with Crippen LogP contribution in [-0.4, -0.2) is 46.5 Å². The van der Waals surface area contributed by atoms with Gasteiger partial charge in [-0.15, -0.1) is 0 Å². The van der Waals surface area contributed by atoms with Crippen molar-refractivity contribution in [3.63, 3.8) is 0 Å². The van der Waals surface area contributed by atoms with E-state index >= 15 is 0 Å². The minimum absolute atomic E-state index is 0.0734. The standard InChI is InChI=1S/C17H17ClF4N6O/c18-8-3-9-10(5-24-12(9)23-4-8)13-25-6-11(19)14(27-13)28-16(1-2-16)15(29)26-7-17(20,21)22/h4,6,9-10H,1-3,5,7H2,(H,23,24)(H,26,29)(H,25,27,28). The molecule has 3 heterocycles. The van der Waals surface area contributed by atoms with E-state index in [9.17, 15) is 22.4 Å². The van der Waals surface area contributed by atoms with Crippen LogP contribution in [0.5, 0.6) is 0 Å². The molecular formula is C17H17ClF4N6O. The van der Waals surface area contributed by atoms with Crippen LogP contribution in [0.4, 0.5) is 23.4 Å². The lowest BCUT2D eigenvalue weighted by Crippen LogP contribution is -2.45. The van der Waals surface area contributed by atoms with Gasteiger partial charge in [-0.25, -0.2) is 19.4 Å². The maximum absolute atomic E-state index is 14.3. The van der Waals surface area contributed by atoms with Crippen LogP contribution in [0.25, 0.3) is 0 Å². The predicted molar refractivity (Wildman–Crippen MR) is 96.9 cm³/mol. The molecule has 156 valence electrons. The van der Waals surface area contributed by atoms with E-state index in [4.69, 9.17) is 11.6 Å². The second-order valence-electron chi connectivity index (χ2n) is 7.32. The zero-order valence-corrected chi connectivity index (χ0v) is 15.7. The Balaban J connectivity index is 1.50. The second-order valence-corrected chi connectivity index (χ2v) is 7.80. The van der Waals surface area contributed by atoms with Crippen LogP contribution in [0.15, 0.2) is 22.4 Å². The fraction of sp³-hybridized carbons (Fsp3) is 0.529. The number of anilines is 1. The molecule has 1 aromatic rings. The van der Waals surface area contributed by atoms with Crippen molar-refractivity contribution in [2.45, 2.75) is 36.9 Å². The molecule has 4 rings (SSSR count). The number of carbonyl (C=O) groups excluding carboxylic acids is 1. The van der Waals surface area contributed by atoms with Crippen LogP contribution >= 0.6 is 11.6 Å². The first kappa shape index (κ1) is 19.9.